The van der Waals surface area contributed by atoms with Crippen LogP contribution in [0.2, 0.25) is 0 Å². The second kappa shape index (κ2) is 5.35. The Morgan fingerprint density at radius 3 is 0.875 bits per heavy atom. The number of aromatic hydroxyl groups is 1. The van der Waals surface area contributed by atoms with E-state index in [-0.39, 0.29) is 0 Å². The van der Waals surface area contributed by atoms with Crippen LogP contribution >= 0.6 is 0 Å². The van der Waals surface area contributed by atoms with Crippen molar-refractivity contribution in [3.05, 3.63) is 89.5 Å². The zero-order valence-electron chi connectivity index (χ0n) is 25.1. The lowest BCUT2D eigenvalue weighted by Gasteiger charge is -2.13. The Hall–Kier alpha value is -5.92. The molecule has 0 spiro atoms. The van der Waals surface area contributed by atoms with Crippen molar-refractivity contribution in [3.8, 4) is 5.75 Å². The predicted octanol–water partition coefficient (Wildman–Crippen LogP) is 12.8. The van der Waals surface area contributed by atoms with Gasteiger partial charge in [-0.15, -0.1) is 0 Å². The first kappa shape index (κ1) is 20.3. The van der Waals surface area contributed by atoms with Crippen LogP contribution in [0, 0.1) is 0 Å². The summed E-state index contributed by atoms with van der Waals surface area (Å²) >= 11 is 0. The van der Waals surface area contributed by atoms with Gasteiger partial charge < -0.3 is 5.11 Å². The van der Waals surface area contributed by atoms with Crippen molar-refractivity contribution < 1.29 is 5.11 Å². The Balaban J connectivity index is 1.30. The molecule has 1 saturated carbocycles. The monoisotopic (exact) mass is 596 g/mol. The third-order valence-corrected chi connectivity index (χ3v) is 15.0. The minimum Gasteiger partial charge on any atom is -0.508 e. The van der Waals surface area contributed by atoms with Crippen LogP contribution < -0.4 is 0 Å². The van der Waals surface area contributed by atoms with E-state index in [1.54, 1.807) is 86.5 Å². The molecule has 1 heteroatoms. The van der Waals surface area contributed by atoms with Gasteiger partial charge in [0, 0.05) is 11.8 Å². The van der Waals surface area contributed by atoms with Gasteiger partial charge in [-0.3, -0.25) is 0 Å². The average molecular weight is 597 g/mol. The highest BCUT2D eigenvalue weighted by molar-refractivity contribution is 6.69. The largest absolute Gasteiger partial charge is 0.508 e. The molecular weight excluding hydrogens is 581 g/mol. The molecule has 1 nitrogen and oxygen atoms in total. The van der Waals surface area contributed by atoms with E-state index < -0.39 is 0 Å². The molecule has 0 heterocycles. The van der Waals surface area contributed by atoms with E-state index in [9.17, 15) is 5.11 Å². The maximum atomic E-state index is 10.3. The second-order valence-electron chi connectivity index (χ2n) is 16.1. The van der Waals surface area contributed by atoms with Crippen LogP contribution in [0.3, 0.4) is 0 Å². The molecule has 2 unspecified atom stereocenters. The van der Waals surface area contributed by atoms with Gasteiger partial charge in [0.15, 0.2) is 0 Å². The number of rotatable bonds is 1. The number of phenolic OH excluding ortho intramolecular Hbond substituents is 1. The number of hydrogen-bond acceptors (Lipinski definition) is 1. The van der Waals surface area contributed by atoms with E-state index in [1.807, 2.05) is 12.1 Å². The van der Waals surface area contributed by atoms with Crippen molar-refractivity contribution in [1.82, 2.24) is 0 Å². The molecule has 0 radical (unpaired) electrons. The average Bonchev–Trinajstić information content (AvgIpc) is 3.62. The lowest BCUT2D eigenvalue weighted by Crippen LogP contribution is -1.91. The standard InChI is InChI=1S/C47H16O/c48-14-3-1-13(2-4-14)23-34-32-21-11-9-19-17-7-5-15-16-6-8-18-20-10-12-22-31-29(20)38-27(18)25(16)36-24(15)26(17)37-28(19)30(21)39-41(32)42(33(22)35(23)34)40(31)47-45(38)43(36)44(37)46(39)47/h1-12,23,34-35,48H. The summed E-state index contributed by atoms with van der Waals surface area (Å²) in [5, 5.41) is 53.0. The lowest BCUT2D eigenvalue weighted by molar-refractivity contribution is 0.475. The third-order valence-electron chi connectivity index (χ3n) is 15.0. The van der Waals surface area contributed by atoms with Crippen LogP contribution in [0.4, 0.5) is 0 Å². The normalized spacial score (nSPS) is 20.8. The number of phenols is 1. The Kier molecular flexibility index (Phi) is 2.27. The van der Waals surface area contributed by atoms with Crippen molar-refractivity contribution in [2.24, 2.45) is 0 Å². The molecule has 2 atom stereocenters. The fourth-order valence-electron chi connectivity index (χ4n) is 13.9. The summed E-state index contributed by atoms with van der Waals surface area (Å²) in [6.07, 6.45) is 0. The molecule has 2 aliphatic rings. The van der Waals surface area contributed by atoms with Crippen LogP contribution in [0.25, 0.3) is 151 Å². The number of benzene rings is 10. The van der Waals surface area contributed by atoms with Gasteiger partial charge in [-0.05, 0) is 186 Å². The molecular formula is C47H16O. The molecule has 16 aromatic carbocycles. The van der Waals surface area contributed by atoms with E-state index in [2.05, 4.69) is 60.7 Å². The zero-order chi connectivity index (χ0) is 29.7. The maximum Gasteiger partial charge on any atom is 0.115 e. The van der Waals surface area contributed by atoms with Crippen molar-refractivity contribution in [1.29, 1.82) is 0 Å². The molecule has 0 aromatic heterocycles. The first-order valence-electron chi connectivity index (χ1n) is 17.6. The van der Waals surface area contributed by atoms with E-state index >= 15 is 0 Å². The van der Waals surface area contributed by atoms with E-state index in [1.165, 1.54) is 81.0 Å². The highest BCUT2D eigenvalue weighted by Gasteiger charge is 2.58. The molecule has 48 heavy (non-hydrogen) atoms. The Morgan fingerprint density at radius 1 is 0.250 bits per heavy atom. The first-order chi connectivity index (χ1) is 23.8. The molecule has 1 N–H and O–H groups in total. The van der Waals surface area contributed by atoms with Crippen LogP contribution in [0.15, 0.2) is 72.8 Å². The topological polar surface area (TPSA) is 20.2 Å². The van der Waals surface area contributed by atoms with Gasteiger partial charge >= 0.3 is 0 Å². The van der Waals surface area contributed by atoms with Gasteiger partial charge in [-0.2, -0.15) is 0 Å². The molecule has 16 aromatic rings. The summed E-state index contributed by atoms with van der Waals surface area (Å²) in [5.74, 6) is 1.69. The summed E-state index contributed by atoms with van der Waals surface area (Å²) < 4.78 is 0. The van der Waals surface area contributed by atoms with Crippen molar-refractivity contribution in [3.63, 3.8) is 0 Å². The highest BCUT2D eigenvalue weighted by Crippen LogP contribution is 2.77. The molecule has 0 bridgehead atoms. The Labute approximate surface area is 268 Å². The molecule has 0 amide bonds. The second-order valence-corrected chi connectivity index (χ2v) is 16.1. The molecule has 18 rings (SSSR count). The van der Waals surface area contributed by atoms with Crippen LogP contribution in [0.5, 0.6) is 5.75 Å². The third kappa shape index (κ3) is 1.44. The maximum absolute atomic E-state index is 10.3. The van der Waals surface area contributed by atoms with E-state index in [4.69, 9.17) is 0 Å². The van der Waals surface area contributed by atoms with Gasteiger partial charge in [-0.25, -0.2) is 0 Å². The molecule has 2 aliphatic carbocycles. The smallest absolute Gasteiger partial charge is 0.115 e. The van der Waals surface area contributed by atoms with Crippen LogP contribution in [-0.4, -0.2) is 5.11 Å². The minimum absolute atomic E-state index is 0.352. The van der Waals surface area contributed by atoms with E-state index in [0.717, 1.165) is 0 Å². The van der Waals surface area contributed by atoms with Gasteiger partial charge in [0.1, 0.15) is 5.75 Å². The SMILES string of the molecule is Oc1ccc(C2C3c4c5ccc6c7ccc8c9ccc%10c%11ccc%12c(c%13c4c4c5c6c5c7c8c6c9c%10c7c%11c%12c%13c8c4c5c6c78)C23)cc1. The van der Waals surface area contributed by atoms with Crippen LogP contribution in [0.1, 0.15) is 34.4 Å². The molecule has 0 aliphatic heterocycles. The van der Waals surface area contributed by atoms with Crippen LogP contribution in [-0.2, 0) is 0 Å². The lowest BCUT2D eigenvalue weighted by atomic mass is 9.88. The highest BCUT2D eigenvalue weighted by atomic mass is 16.3. The zero-order valence-corrected chi connectivity index (χ0v) is 25.1. The van der Waals surface area contributed by atoms with Gasteiger partial charge in [-0.1, -0.05) is 60.7 Å². The summed E-state index contributed by atoms with van der Waals surface area (Å²) in [5.41, 5.74) is 4.60. The summed E-state index contributed by atoms with van der Waals surface area (Å²) in [6.45, 7) is 0. The van der Waals surface area contributed by atoms with Gasteiger partial charge in [0.25, 0.3) is 0 Å². The minimum atomic E-state index is 0.352. The molecule has 0 saturated heterocycles. The quantitative estimate of drug-likeness (QED) is 0.187. The van der Waals surface area contributed by atoms with E-state index in [0.29, 0.717) is 23.5 Å². The molecule has 210 valence electrons. The van der Waals surface area contributed by atoms with Crippen molar-refractivity contribution in [2.45, 2.75) is 17.8 Å². The van der Waals surface area contributed by atoms with Gasteiger partial charge in [0.2, 0.25) is 0 Å². The predicted molar refractivity (Wildman–Crippen MR) is 202 cm³/mol. The van der Waals surface area contributed by atoms with Crippen molar-refractivity contribution >= 4 is 151 Å². The summed E-state index contributed by atoms with van der Waals surface area (Å²) in [7, 11) is 0. The fourth-order valence-corrected chi connectivity index (χ4v) is 13.9. The fraction of sp³-hybridized carbons (Fsp3) is 0.0638. The summed E-state index contributed by atoms with van der Waals surface area (Å²) in [4.78, 5) is 0. The molecule has 1 fully saturated rings. The Bertz CT molecular complexity index is 3830. The Morgan fingerprint density at radius 2 is 0.521 bits per heavy atom. The number of hydrogen-bond donors (Lipinski definition) is 1. The first-order valence-corrected chi connectivity index (χ1v) is 17.6. The van der Waals surface area contributed by atoms with Gasteiger partial charge in [0.05, 0.1) is 0 Å². The van der Waals surface area contributed by atoms with Crippen molar-refractivity contribution in [2.75, 3.05) is 0 Å². The summed E-state index contributed by atoms with van der Waals surface area (Å²) in [6, 6.07) is 28.0. The number of fused-ring (bicyclic) bond motifs is 8.